The Morgan fingerprint density at radius 1 is 0.971 bits per heavy atom. The summed E-state index contributed by atoms with van der Waals surface area (Å²) >= 11 is 0. The second kappa shape index (κ2) is 9.68. The van der Waals surface area contributed by atoms with E-state index in [1.54, 1.807) is 4.90 Å². The largest absolute Gasteiger partial charge is 0.330 e. The molecule has 7 nitrogen and oxygen atoms in total. The van der Waals surface area contributed by atoms with E-state index in [0.717, 1.165) is 43.6 Å². The van der Waals surface area contributed by atoms with Crippen LogP contribution < -0.4 is 11.1 Å². The zero-order valence-electron chi connectivity index (χ0n) is 19.4. The molecule has 2 aromatic rings. The van der Waals surface area contributed by atoms with Gasteiger partial charge in [-0.05, 0) is 73.5 Å². The van der Waals surface area contributed by atoms with Gasteiger partial charge in [0.2, 0.25) is 11.8 Å². The van der Waals surface area contributed by atoms with Crippen LogP contribution in [0, 0.1) is 5.92 Å². The molecule has 3 amide bonds. The Labute approximate surface area is 200 Å². The van der Waals surface area contributed by atoms with Gasteiger partial charge in [-0.3, -0.25) is 24.6 Å². The maximum absolute atomic E-state index is 13.1. The van der Waals surface area contributed by atoms with Crippen molar-refractivity contribution in [3.05, 3.63) is 70.8 Å². The molecular formula is C27H32N4O3. The minimum absolute atomic E-state index is 0.112. The number of nitrogens with two attached hydrogens (primary N) is 1. The van der Waals surface area contributed by atoms with E-state index >= 15 is 0 Å². The van der Waals surface area contributed by atoms with Gasteiger partial charge < -0.3 is 10.6 Å². The van der Waals surface area contributed by atoms with E-state index in [9.17, 15) is 14.4 Å². The molecule has 34 heavy (non-hydrogen) atoms. The normalized spacial score (nSPS) is 22.6. The van der Waals surface area contributed by atoms with Crippen LogP contribution in [-0.2, 0) is 22.7 Å². The van der Waals surface area contributed by atoms with E-state index < -0.39 is 6.04 Å². The number of hydrogen-bond donors (Lipinski definition) is 2. The van der Waals surface area contributed by atoms with Crippen molar-refractivity contribution in [2.75, 3.05) is 19.6 Å². The van der Waals surface area contributed by atoms with Gasteiger partial charge in [-0.1, -0.05) is 42.5 Å². The molecule has 0 bridgehead atoms. The number of likely N-dealkylation sites (tertiary alicyclic amines) is 1. The number of piperidine rings is 2. The number of fused-ring (bicyclic) bond motifs is 1. The topological polar surface area (TPSA) is 95.7 Å². The fourth-order valence-corrected chi connectivity index (χ4v) is 5.85. The predicted octanol–water partition coefficient (Wildman–Crippen LogP) is 2.40. The molecule has 0 saturated carbocycles. The summed E-state index contributed by atoms with van der Waals surface area (Å²) in [5.74, 6) is 0.227. The first-order valence-electron chi connectivity index (χ1n) is 12.3. The maximum atomic E-state index is 13.1. The minimum Gasteiger partial charge on any atom is -0.330 e. The smallest absolute Gasteiger partial charge is 0.255 e. The molecule has 0 spiro atoms. The molecule has 0 radical (unpaired) electrons. The molecule has 7 heteroatoms. The molecule has 2 fully saturated rings. The number of carbonyl (C=O) groups excluding carboxylic acids is 3. The Balaban J connectivity index is 1.24. The SMILES string of the molecule is NCC(c1ccccc1)C1CCN(Cc2cccc3c2CN(C2CCC(=O)NC2=O)C3=O)CC1. The van der Waals surface area contributed by atoms with Crippen LogP contribution in [0.5, 0.6) is 0 Å². The summed E-state index contributed by atoms with van der Waals surface area (Å²) < 4.78 is 0. The molecule has 2 unspecified atom stereocenters. The number of amides is 3. The first kappa shape index (κ1) is 22.7. The summed E-state index contributed by atoms with van der Waals surface area (Å²) in [5.41, 5.74) is 10.3. The standard InChI is InChI=1S/C27H32N4O3/c28-15-22(18-5-2-1-3-6-18)19-11-13-30(14-12-19)16-20-7-4-8-21-23(20)17-31(27(21)34)24-9-10-25(32)29-26(24)33/h1-8,19,22,24H,9-17,28H2,(H,29,32,33). The lowest BCUT2D eigenvalue weighted by Gasteiger charge is -2.36. The Kier molecular flexibility index (Phi) is 6.48. The van der Waals surface area contributed by atoms with Crippen molar-refractivity contribution in [3.63, 3.8) is 0 Å². The summed E-state index contributed by atoms with van der Waals surface area (Å²) in [4.78, 5) is 41.1. The number of hydrogen-bond acceptors (Lipinski definition) is 5. The van der Waals surface area contributed by atoms with Crippen LogP contribution in [0.4, 0.5) is 0 Å². The molecule has 3 heterocycles. The van der Waals surface area contributed by atoms with Crippen molar-refractivity contribution in [1.82, 2.24) is 15.1 Å². The average molecular weight is 461 g/mol. The van der Waals surface area contributed by atoms with Crippen molar-refractivity contribution in [3.8, 4) is 0 Å². The second-order valence-electron chi connectivity index (χ2n) is 9.71. The summed E-state index contributed by atoms with van der Waals surface area (Å²) in [6, 6.07) is 15.9. The van der Waals surface area contributed by atoms with E-state index in [-0.39, 0.29) is 24.1 Å². The lowest BCUT2D eigenvalue weighted by molar-refractivity contribution is -0.136. The molecule has 178 valence electrons. The zero-order chi connectivity index (χ0) is 23.7. The van der Waals surface area contributed by atoms with Crippen LogP contribution in [0.25, 0.3) is 0 Å². The third kappa shape index (κ3) is 4.38. The summed E-state index contributed by atoms with van der Waals surface area (Å²) in [7, 11) is 0. The number of rotatable bonds is 6. The van der Waals surface area contributed by atoms with E-state index in [0.29, 0.717) is 36.9 Å². The molecule has 2 aromatic carbocycles. The van der Waals surface area contributed by atoms with Gasteiger partial charge in [0.05, 0.1) is 0 Å². The number of carbonyl (C=O) groups is 3. The van der Waals surface area contributed by atoms with Gasteiger partial charge >= 0.3 is 0 Å². The van der Waals surface area contributed by atoms with Crippen molar-refractivity contribution >= 4 is 17.7 Å². The highest BCUT2D eigenvalue weighted by molar-refractivity contribution is 6.05. The van der Waals surface area contributed by atoms with Gasteiger partial charge in [0.1, 0.15) is 6.04 Å². The fraction of sp³-hybridized carbons (Fsp3) is 0.444. The number of benzene rings is 2. The Bertz CT molecular complexity index is 1080. The molecule has 0 aliphatic carbocycles. The molecule has 5 rings (SSSR count). The molecule has 2 atom stereocenters. The number of nitrogens with zero attached hydrogens (tertiary/aromatic N) is 2. The molecule has 2 saturated heterocycles. The minimum atomic E-state index is -0.577. The highest BCUT2D eigenvalue weighted by Crippen LogP contribution is 2.34. The molecule has 3 aliphatic rings. The van der Waals surface area contributed by atoms with Crippen molar-refractivity contribution < 1.29 is 14.4 Å². The molecule has 3 aliphatic heterocycles. The summed E-state index contributed by atoms with van der Waals surface area (Å²) in [6.45, 7) is 3.89. The first-order valence-corrected chi connectivity index (χ1v) is 12.3. The Morgan fingerprint density at radius 2 is 1.74 bits per heavy atom. The maximum Gasteiger partial charge on any atom is 0.255 e. The molecular weight excluding hydrogens is 428 g/mol. The average Bonchev–Trinajstić information content (AvgIpc) is 3.18. The lowest BCUT2D eigenvalue weighted by atomic mass is 9.80. The van der Waals surface area contributed by atoms with Crippen LogP contribution in [-0.4, -0.2) is 53.2 Å². The highest BCUT2D eigenvalue weighted by atomic mass is 16.2. The van der Waals surface area contributed by atoms with E-state index in [1.165, 1.54) is 5.56 Å². The van der Waals surface area contributed by atoms with Crippen LogP contribution in [0.15, 0.2) is 48.5 Å². The van der Waals surface area contributed by atoms with E-state index in [2.05, 4.69) is 40.5 Å². The number of nitrogens with one attached hydrogen (secondary N) is 1. The van der Waals surface area contributed by atoms with Gasteiger partial charge in [-0.15, -0.1) is 0 Å². The van der Waals surface area contributed by atoms with Crippen LogP contribution in [0.3, 0.4) is 0 Å². The predicted molar refractivity (Wildman–Crippen MR) is 129 cm³/mol. The highest BCUT2D eigenvalue weighted by Gasteiger charge is 2.40. The van der Waals surface area contributed by atoms with Crippen molar-refractivity contribution in [1.29, 1.82) is 0 Å². The van der Waals surface area contributed by atoms with Crippen LogP contribution >= 0.6 is 0 Å². The number of imide groups is 1. The lowest BCUT2D eigenvalue weighted by Crippen LogP contribution is -2.52. The van der Waals surface area contributed by atoms with Gasteiger partial charge in [0, 0.05) is 25.1 Å². The Morgan fingerprint density at radius 3 is 2.44 bits per heavy atom. The van der Waals surface area contributed by atoms with E-state index in [1.807, 2.05) is 18.2 Å². The van der Waals surface area contributed by atoms with Gasteiger partial charge in [0.25, 0.3) is 5.91 Å². The second-order valence-corrected chi connectivity index (χ2v) is 9.71. The fourth-order valence-electron chi connectivity index (χ4n) is 5.85. The molecule has 0 aromatic heterocycles. The van der Waals surface area contributed by atoms with Crippen molar-refractivity contribution in [2.24, 2.45) is 11.7 Å². The Hall–Kier alpha value is -3.03. The van der Waals surface area contributed by atoms with Crippen LogP contribution in [0.2, 0.25) is 0 Å². The van der Waals surface area contributed by atoms with Gasteiger partial charge in [-0.25, -0.2) is 0 Å². The summed E-state index contributed by atoms with van der Waals surface area (Å²) in [5, 5.41) is 2.37. The monoisotopic (exact) mass is 460 g/mol. The molecule has 3 N–H and O–H groups in total. The van der Waals surface area contributed by atoms with Crippen LogP contribution in [0.1, 0.15) is 58.6 Å². The van der Waals surface area contributed by atoms with Gasteiger partial charge in [-0.2, -0.15) is 0 Å². The summed E-state index contributed by atoms with van der Waals surface area (Å²) in [6.07, 6.45) is 2.86. The zero-order valence-corrected chi connectivity index (χ0v) is 19.4. The van der Waals surface area contributed by atoms with Gasteiger partial charge in [0.15, 0.2) is 0 Å². The third-order valence-corrected chi connectivity index (χ3v) is 7.76. The quantitative estimate of drug-likeness (QED) is 0.646. The third-order valence-electron chi connectivity index (χ3n) is 7.76. The first-order chi connectivity index (χ1) is 16.5. The van der Waals surface area contributed by atoms with Crippen molar-refractivity contribution in [2.45, 2.75) is 50.7 Å². The van der Waals surface area contributed by atoms with E-state index in [4.69, 9.17) is 5.73 Å².